The summed E-state index contributed by atoms with van der Waals surface area (Å²) in [7, 11) is 3.52. The number of hydrogen-bond donors (Lipinski definition) is 1. The van der Waals surface area contributed by atoms with Crippen molar-refractivity contribution in [3.63, 3.8) is 0 Å². The van der Waals surface area contributed by atoms with Crippen LogP contribution < -0.4 is 19.5 Å². The number of fused-ring (bicyclic) bond motifs is 1. The molecular weight excluding hydrogens is 262 g/mol. The molecule has 82 valence electrons. The molecule has 1 heterocycles. The minimum absolute atomic E-state index is 0.269. The minimum Gasteiger partial charge on any atom is -0.495 e. The summed E-state index contributed by atoms with van der Waals surface area (Å²) in [6.45, 7) is 0.944. The highest BCUT2D eigenvalue weighted by Crippen LogP contribution is 2.45. The third-order valence-corrected chi connectivity index (χ3v) is 2.81. The Labute approximate surface area is 96.6 Å². The molecule has 0 bridgehead atoms. The summed E-state index contributed by atoms with van der Waals surface area (Å²) in [5.41, 5.74) is 0.974. The van der Waals surface area contributed by atoms with Crippen LogP contribution in [0.15, 0.2) is 10.5 Å². The van der Waals surface area contributed by atoms with Gasteiger partial charge in [-0.2, -0.15) is 0 Å². The predicted octanol–water partition coefficient (Wildman–Crippen LogP) is 1.91. The average molecular weight is 274 g/mol. The molecule has 1 aromatic rings. The summed E-state index contributed by atoms with van der Waals surface area (Å²) in [6.07, 6.45) is 0. The molecule has 15 heavy (non-hydrogen) atoms. The van der Waals surface area contributed by atoms with Crippen molar-refractivity contribution in [2.45, 2.75) is 6.54 Å². The summed E-state index contributed by atoms with van der Waals surface area (Å²) in [4.78, 5) is 0. The van der Waals surface area contributed by atoms with Crippen LogP contribution in [0.2, 0.25) is 0 Å². The number of benzene rings is 1. The Bertz CT molecular complexity index is 378. The molecular formula is C10H12BrNO3. The van der Waals surface area contributed by atoms with Gasteiger partial charge in [-0.1, -0.05) is 0 Å². The lowest BCUT2D eigenvalue weighted by Gasteiger charge is -2.12. The molecule has 0 fully saturated rings. The topological polar surface area (TPSA) is 39.7 Å². The molecule has 0 aliphatic carbocycles. The van der Waals surface area contributed by atoms with Crippen molar-refractivity contribution in [1.82, 2.24) is 5.32 Å². The number of ether oxygens (including phenoxy) is 3. The van der Waals surface area contributed by atoms with Crippen LogP contribution in [0.3, 0.4) is 0 Å². The zero-order valence-electron chi connectivity index (χ0n) is 8.59. The maximum Gasteiger partial charge on any atom is 0.231 e. The highest BCUT2D eigenvalue weighted by molar-refractivity contribution is 9.10. The molecule has 0 saturated carbocycles. The number of nitrogens with one attached hydrogen (secondary N) is 1. The largest absolute Gasteiger partial charge is 0.495 e. The zero-order valence-corrected chi connectivity index (χ0v) is 10.2. The molecule has 1 aromatic carbocycles. The molecule has 0 radical (unpaired) electrons. The van der Waals surface area contributed by atoms with E-state index in [2.05, 4.69) is 21.2 Å². The molecule has 5 heteroatoms. The normalized spacial score (nSPS) is 13.0. The van der Waals surface area contributed by atoms with Crippen LogP contribution >= 0.6 is 15.9 Å². The number of halogens is 1. The molecule has 1 N–H and O–H groups in total. The Kier molecular flexibility index (Phi) is 3.02. The van der Waals surface area contributed by atoms with E-state index in [9.17, 15) is 0 Å². The fraction of sp³-hybridized carbons (Fsp3) is 0.400. The fourth-order valence-electron chi connectivity index (χ4n) is 1.62. The van der Waals surface area contributed by atoms with E-state index in [4.69, 9.17) is 14.2 Å². The molecule has 1 aliphatic rings. The Morgan fingerprint density at radius 1 is 1.53 bits per heavy atom. The summed E-state index contributed by atoms with van der Waals surface area (Å²) in [6, 6.07) is 1.86. The first-order valence-electron chi connectivity index (χ1n) is 4.57. The lowest BCUT2D eigenvalue weighted by Crippen LogP contribution is -2.08. The Morgan fingerprint density at radius 2 is 2.33 bits per heavy atom. The molecule has 2 rings (SSSR count). The Hall–Kier alpha value is -0.940. The van der Waals surface area contributed by atoms with Crippen molar-refractivity contribution in [2.75, 3.05) is 21.0 Å². The van der Waals surface area contributed by atoms with Crippen LogP contribution in [0, 0.1) is 0 Å². The van der Waals surface area contributed by atoms with E-state index in [0.29, 0.717) is 6.54 Å². The maximum atomic E-state index is 5.42. The average Bonchev–Trinajstić information content (AvgIpc) is 2.66. The summed E-state index contributed by atoms with van der Waals surface area (Å²) >= 11 is 3.44. The first kappa shape index (κ1) is 10.6. The van der Waals surface area contributed by atoms with Crippen LogP contribution in [0.25, 0.3) is 0 Å². The lowest BCUT2D eigenvalue weighted by atomic mass is 10.1. The molecule has 0 unspecified atom stereocenters. The van der Waals surface area contributed by atoms with Gasteiger partial charge in [0.1, 0.15) is 5.75 Å². The van der Waals surface area contributed by atoms with Crippen molar-refractivity contribution in [2.24, 2.45) is 0 Å². The molecule has 1 aliphatic heterocycles. The van der Waals surface area contributed by atoms with E-state index in [1.807, 2.05) is 13.1 Å². The summed E-state index contributed by atoms with van der Waals surface area (Å²) in [5.74, 6) is 2.31. The molecule has 0 amide bonds. The van der Waals surface area contributed by atoms with Crippen molar-refractivity contribution in [3.8, 4) is 17.2 Å². The van der Waals surface area contributed by atoms with Crippen molar-refractivity contribution >= 4 is 15.9 Å². The fourth-order valence-corrected chi connectivity index (χ4v) is 2.23. The van der Waals surface area contributed by atoms with Crippen LogP contribution in [-0.2, 0) is 6.54 Å². The van der Waals surface area contributed by atoms with Gasteiger partial charge in [0, 0.05) is 12.6 Å². The number of methoxy groups -OCH3 is 1. The van der Waals surface area contributed by atoms with Gasteiger partial charge in [0.2, 0.25) is 6.79 Å². The SMILES string of the molecule is CNCc1c(OC)c(Br)cc2c1OCO2. The van der Waals surface area contributed by atoms with Crippen LogP contribution in [0.1, 0.15) is 5.56 Å². The van der Waals surface area contributed by atoms with Gasteiger partial charge in [0.15, 0.2) is 11.5 Å². The van der Waals surface area contributed by atoms with Gasteiger partial charge in [-0.3, -0.25) is 0 Å². The first-order chi connectivity index (χ1) is 7.27. The van der Waals surface area contributed by atoms with E-state index in [0.717, 1.165) is 27.3 Å². The lowest BCUT2D eigenvalue weighted by molar-refractivity contribution is 0.173. The van der Waals surface area contributed by atoms with Crippen molar-refractivity contribution < 1.29 is 14.2 Å². The second-order valence-electron chi connectivity index (χ2n) is 3.13. The Balaban J connectivity index is 2.55. The van der Waals surface area contributed by atoms with Crippen molar-refractivity contribution in [3.05, 3.63) is 16.1 Å². The molecule has 0 saturated heterocycles. The number of hydrogen-bond acceptors (Lipinski definition) is 4. The van der Waals surface area contributed by atoms with Gasteiger partial charge in [-0.25, -0.2) is 0 Å². The molecule has 0 spiro atoms. The standard InChI is InChI=1S/C10H12BrNO3/c1-12-4-6-9(13-2)7(11)3-8-10(6)15-5-14-8/h3,12H,4-5H2,1-2H3. The van der Waals surface area contributed by atoms with Crippen LogP contribution in [0.4, 0.5) is 0 Å². The second kappa shape index (κ2) is 4.28. The van der Waals surface area contributed by atoms with Gasteiger partial charge < -0.3 is 19.5 Å². The van der Waals surface area contributed by atoms with Gasteiger partial charge in [-0.15, -0.1) is 0 Å². The van der Waals surface area contributed by atoms with E-state index in [1.165, 1.54) is 0 Å². The smallest absolute Gasteiger partial charge is 0.231 e. The van der Waals surface area contributed by atoms with Gasteiger partial charge >= 0.3 is 0 Å². The van der Waals surface area contributed by atoms with Gasteiger partial charge in [0.25, 0.3) is 0 Å². The van der Waals surface area contributed by atoms with E-state index >= 15 is 0 Å². The van der Waals surface area contributed by atoms with E-state index in [1.54, 1.807) is 7.11 Å². The van der Waals surface area contributed by atoms with Crippen molar-refractivity contribution in [1.29, 1.82) is 0 Å². The highest BCUT2D eigenvalue weighted by Gasteiger charge is 2.23. The molecule has 0 aromatic heterocycles. The predicted molar refractivity (Wildman–Crippen MR) is 59.6 cm³/mol. The highest BCUT2D eigenvalue weighted by atomic mass is 79.9. The first-order valence-corrected chi connectivity index (χ1v) is 5.36. The minimum atomic E-state index is 0.269. The molecule has 0 atom stereocenters. The quantitative estimate of drug-likeness (QED) is 0.914. The monoisotopic (exact) mass is 273 g/mol. The van der Waals surface area contributed by atoms with E-state index < -0.39 is 0 Å². The summed E-state index contributed by atoms with van der Waals surface area (Å²) in [5, 5.41) is 3.08. The zero-order chi connectivity index (χ0) is 10.8. The number of rotatable bonds is 3. The Morgan fingerprint density at radius 3 is 3.00 bits per heavy atom. The molecule has 4 nitrogen and oxygen atoms in total. The summed E-state index contributed by atoms with van der Waals surface area (Å²) < 4.78 is 17.0. The van der Waals surface area contributed by atoms with E-state index in [-0.39, 0.29) is 6.79 Å². The maximum absolute atomic E-state index is 5.42. The van der Waals surface area contributed by atoms with Crippen LogP contribution in [-0.4, -0.2) is 21.0 Å². The third-order valence-electron chi connectivity index (χ3n) is 2.22. The van der Waals surface area contributed by atoms with Gasteiger partial charge in [0.05, 0.1) is 17.1 Å². The van der Waals surface area contributed by atoms with Gasteiger partial charge in [-0.05, 0) is 23.0 Å². The second-order valence-corrected chi connectivity index (χ2v) is 3.99. The van der Waals surface area contributed by atoms with Crippen LogP contribution in [0.5, 0.6) is 17.2 Å². The third kappa shape index (κ3) is 1.77.